The molecular formula is C13H14N4OS. The Hall–Kier alpha value is -2.08. The second kappa shape index (κ2) is 5.71. The molecule has 1 N–H and O–H groups in total. The maximum atomic E-state index is 11.5. The number of hydrogen-bond donors (Lipinski definition) is 1. The van der Waals surface area contributed by atoms with Crippen LogP contribution in [0.4, 0.5) is 0 Å². The van der Waals surface area contributed by atoms with Crippen molar-refractivity contribution in [2.45, 2.75) is 19.8 Å². The van der Waals surface area contributed by atoms with E-state index in [1.165, 1.54) is 5.56 Å². The van der Waals surface area contributed by atoms with Gasteiger partial charge in [0.25, 0.3) is 5.56 Å². The van der Waals surface area contributed by atoms with Crippen LogP contribution in [-0.4, -0.2) is 21.1 Å². The van der Waals surface area contributed by atoms with Gasteiger partial charge in [0.2, 0.25) is 4.77 Å². The van der Waals surface area contributed by atoms with Gasteiger partial charge < -0.3 is 0 Å². The zero-order valence-corrected chi connectivity index (χ0v) is 11.5. The molecule has 0 aliphatic rings. The summed E-state index contributed by atoms with van der Waals surface area (Å²) in [6.45, 7) is 4.28. The summed E-state index contributed by atoms with van der Waals surface area (Å²) in [6, 6.07) is 8.00. The molecule has 2 rings (SSSR count). The molecule has 0 spiro atoms. The van der Waals surface area contributed by atoms with E-state index in [0.717, 1.165) is 16.4 Å². The van der Waals surface area contributed by atoms with Crippen LogP contribution >= 0.6 is 12.2 Å². The van der Waals surface area contributed by atoms with Crippen molar-refractivity contribution in [2.24, 2.45) is 5.10 Å². The Bertz CT molecular complexity index is 669. The Labute approximate surface area is 115 Å². The maximum Gasteiger partial charge on any atom is 0.293 e. The van der Waals surface area contributed by atoms with Crippen LogP contribution in [0, 0.1) is 4.77 Å². The van der Waals surface area contributed by atoms with E-state index in [1.54, 1.807) is 6.21 Å². The summed E-state index contributed by atoms with van der Waals surface area (Å²) in [5, 5.41) is 10.2. The van der Waals surface area contributed by atoms with Gasteiger partial charge in [-0.3, -0.25) is 9.89 Å². The van der Waals surface area contributed by atoms with E-state index in [9.17, 15) is 4.79 Å². The van der Waals surface area contributed by atoms with Crippen LogP contribution in [0.3, 0.4) is 0 Å². The number of nitrogens with zero attached hydrogens (tertiary/aromatic N) is 3. The molecule has 6 heteroatoms. The number of benzene rings is 1. The fourth-order valence-corrected chi connectivity index (χ4v) is 1.74. The van der Waals surface area contributed by atoms with E-state index in [-0.39, 0.29) is 10.3 Å². The monoisotopic (exact) mass is 274 g/mol. The van der Waals surface area contributed by atoms with Crippen molar-refractivity contribution in [3.63, 3.8) is 0 Å². The molecule has 0 saturated heterocycles. The Kier molecular flexibility index (Phi) is 4.01. The lowest BCUT2D eigenvalue weighted by atomic mass is 10.0. The van der Waals surface area contributed by atoms with Gasteiger partial charge in [0.1, 0.15) is 6.20 Å². The summed E-state index contributed by atoms with van der Waals surface area (Å²) in [5.74, 6) is 0.489. The molecule has 5 nitrogen and oxygen atoms in total. The van der Waals surface area contributed by atoms with Crippen LogP contribution < -0.4 is 5.56 Å². The SMILES string of the molecule is CC(C)c1ccc(/C=N/n2c(=O)cn[nH]c2=S)cc1. The van der Waals surface area contributed by atoms with Crippen LogP contribution in [0.5, 0.6) is 0 Å². The molecule has 2 aromatic rings. The minimum atomic E-state index is -0.362. The average Bonchev–Trinajstić information content (AvgIpc) is 2.38. The summed E-state index contributed by atoms with van der Waals surface area (Å²) in [7, 11) is 0. The molecule has 0 saturated carbocycles. The van der Waals surface area contributed by atoms with Crippen LogP contribution in [0.2, 0.25) is 0 Å². The van der Waals surface area contributed by atoms with Crippen molar-refractivity contribution in [1.29, 1.82) is 0 Å². The molecule has 0 aliphatic heterocycles. The highest BCUT2D eigenvalue weighted by Gasteiger charge is 1.98. The first-order valence-electron chi connectivity index (χ1n) is 5.89. The first-order valence-corrected chi connectivity index (χ1v) is 6.30. The van der Waals surface area contributed by atoms with E-state index >= 15 is 0 Å². The molecule has 0 fully saturated rings. The van der Waals surface area contributed by atoms with E-state index in [4.69, 9.17) is 12.2 Å². The molecule has 0 atom stereocenters. The first kappa shape index (κ1) is 13.4. The minimum absolute atomic E-state index is 0.169. The Morgan fingerprint density at radius 3 is 2.63 bits per heavy atom. The number of aromatic amines is 1. The molecule has 19 heavy (non-hydrogen) atoms. The molecule has 0 aliphatic carbocycles. The van der Waals surface area contributed by atoms with Gasteiger partial charge in [-0.15, -0.1) is 0 Å². The number of nitrogens with one attached hydrogen (secondary N) is 1. The highest BCUT2D eigenvalue weighted by Crippen LogP contribution is 2.13. The second-order valence-corrected chi connectivity index (χ2v) is 4.78. The smallest absolute Gasteiger partial charge is 0.265 e. The summed E-state index contributed by atoms with van der Waals surface area (Å²) in [6.07, 6.45) is 2.73. The fourth-order valence-electron chi connectivity index (χ4n) is 1.55. The van der Waals surface area contributed by atoms with Crippen molar-refractivity contribution >= 4 is 18.4 Å². The van der Waals surface area contributed by atoms with Crippen molar-refractivity contribution in [3.05, 3.63) is 56.7 Å². The van der Waals surface area contributed by atoms with Gasteiger partial charge >= 0.3 is 0 Å². The van der Waals surface area contributed by atoms with E-state index in [2.05, 4.69) is 29.1 Å². The number of aromatic nitrogens is 3. The zero-order valence-electron chi connectivity index (χ0n) is 10.7. The summed E-state index contributed by atoms with van der Waals surface area (Å²) in [4.78, 5) is 11.5. The normalized spacial score (nSPS) is 11.3. The molecule has 1 aromatic carbocycles. The van der Waals surface area contributed by atoms with Crippen LogP contribution in [-0.2, 0) is 0 Å². The highest BCUT2D eigenvalue weighted by molar-refractivity contribution is 7.71. The topological polar surface area (TPSA) is 63.0 Å². The van der Waals surface area contributed by atoms with Crippen molar-refractivity contribution in [2.75, 3.05) is 0 Å². The van der Waals surface area contributed by atoms with Gasteiger partial charge in [-0.25, -0.2) is 0 Å². The molecule has 0 radical (unpaired) electrons. The van der Waals surface area contributed by atoms with Gasteiger partial charge in [0.15, 0.2) is 0 Å². The van der Waals surface area contributed by atoms with Crippen LogP contribution in [0.1, 0.15) is 30.9 Å². The average molecular weight is 274 g/mol. The number of H-pyrrole nitrogens is 1. The molecule has 0 amide bonds. The van der Waals surface area contributed by atoms with Gasteiger partial charge in [-0.2, -0.15) is 14.9 Å². The predicted molar refractivity (Wildman–Crippen MR) is 77.2 cm³/mol. The molecule has 0 unspecified atom stereocenters. The summed E-state index contributed by atoms with van der Waals surface area (Å²) < 4.78 is 1.26. The van der Waals surface area contributed by atoms with E-state index in [1.807, 2.05) is 24.3 Å². The van der Waals surface area contributed by atoms with Crippen molar-refractivity contribution < 1.29 is 0 Å². The third kappa shape index (κ3) is 3.23. The number of rotatable bonds is 3. The molecule has 1 aromatic heterocycles. The van der Waals surface area contributed by atoms with Crippen LogP contribution in [0.15, 0.2) is 40.4 Å². The predicted octanol–water partition coefficient (Wildman–Crippen LogP) is 2.31. The Morgan fingerprint density at radius 1 is 1.37 bits per heavy atom. The van der Waals surface area contributed by atoms with Gasteiger partial charge in [-0.05, 0) is 29.3 Å². The van der Waals surface area contributed by atoms with Gasteiger partial charge in [-0.1, -0.05) is 38.1 Å². The molecule has 0 bridgehead atoms. The second-order valence-electron chi connectivity index (χ2n) is 4.39. The van der Waals surface area contributed by atoms with Crippen molar-refractivity contribution in [1.82, 2.24) is 14.9 Å². The summed E-state index contributed by atoms with van der Waals surface area (Å²) in [5.41, 5.74) is 1.80. The van der Waals surface area contributed by atoms with Crippen LogP contribution in [0.25, 0.3) is 0 Å². The largest absolute Gasteiger partial charge is 0.293 e. The minimum Gasteiger partial charge on any atom is -0.265 e. The Morgan fingerprint density at radius 2 is 2.05 bits per heavy atom. The zero-order chi connectivity index (χ0) is 13.8. The lowest BCUT2D eigenvalue weighted by molar-refractivity contribution is 0.738. The summed E-state index contributed by atoms with van der Waals surface area (Å²) >= 11 is 4.94. The Balaban J connectivity index is 2.28. The highest BCUT2D eigenvalue weighted by atomic mass is 32.1. The lowest BCUT2D eigenvalue weighted by Crippen LogP contribution is -2.18. The quantitative estimate of drug-likeness (QED) is 0.690. The van der Waals surface area contributed by atoms with Gasteiger partial charge in [0.05, 0.1) is 6.21 Å². The molecule has 98 valence electrons. The maximum absolute atomic E-state index is 11.5. The first-order chi connectivity index (χ1) is 9.08. The number of hydrogen-bond acceptors (Lipinski definition) is 4. The van der Waals surface area contributed by atoms with Gasteiger partial charge in [0, 0.05) is 0 Å². The van der Waals surface area contributed by atoms with Crippen molar-refractivity contribution in [3.8, 4) is 0 Å². The lowest BCUT2D eigenvalue weighted by Gasteiger charge is -2.04. The fraction of sp³-hybridized carbons (Fsp3) is 0.231. The van der Waals surface area contributed by atoms with E-state index in [0.29, 0.717) is 5.92 Å². The van der Waals surface area contributed by atoms with E-state index < -0.39 is 0 Å². The molecular weight excluding hydrogens is 260 g/mol. The molecule has 1 heterocycles. The third-order valence-electron chi connectivity index (χ3n) is 2.66. The standard InChI is InChI=1S/C13H14N4OS/c1-9(2)11-5-3-10(4-6-11)7-15-17-12(18)8-14-16-13(17)19/h3-9H,1-2H3,(H,16,19)/b15-7+. The third-order valence-corrected chi connectivity index (χ3v) is 2.93.